The molecule has 5 heteroatoms. The average molecular weight is 275 g/mol. The molecule has 1 fully saturated rings. The van der Waals surface area contributed by atoms with Crippen molar-refractivity contribution in [3.63, 3.8) is 0 Å². The number of hydrogen-bond acceptors (Lipinski definition) is 4. The summed E-state index contributed by atoms with van der Waals surface area (Å²) >= 11 is 7.85. The van der Waals surface area contributed by atoms with Crippen molar-refractivity contribution in [2.24, 2.45) is 5.84 Å². The lowest BCUT2D eigenvalue weighted by atomic mass is 9.91. The van der Waals surface area contributed by atoms with Crippen molar-refractivity contribution in [1.82, 2.24) is 5.43 Å². The average Bonchev–Trinajstić information content (AvgIpc) is 2.92. The number of rotatable bonds is 5. The molecule has 1 heterocycles. The molecule has 1 aliphatic carbocycles. The summed E-state index contributed by atoms with van der Waals surface area (Å²) in [5.74, 6) is 5.75. The van der Waals surface area contributed by atoms with E-state index in [9.17, 15) is 0 Å². The predicted molar refractivity (Wildman–Crippen MR) is 72.2 cm³/mol. The third-order valence-electron chi connectivity index (χ3n) is 3.48. The zero-order chi connectivity index (χ0) is 12.3. The Kier molecular flexibility index (Phi) is 4.44. The maximum absolute atomic E-state index is 6.21. The minimum absolute atomic E-state index is 0.00236. The first kappa shape index (κ1) is 13.3. The molecular formula is C12H19ClN2OS. The molecule has 0 spiro atoms. The normalized spacial score (nSPS) is 20.6. The highest BCUT2D eigenvalue weighted by atomic mass is 35.5. The van der Waals surface area contributed by atoms with E-state index in [0.29, 0.717) is 6.61 Å². The number of hydrazine groups is 1. The minimum Gasteiger partial charge on any atom is -0.373 e. The maximum Gasteiger partial charge on any atom is 0.0897 e. The molecule has 0 amide bonds. The van der Waals surface area contributed by atoms with Gasteiger partial charge in [-0.2, -0.15) is 0 Å². The van der Waals surface area contributed by atoms with Crippen molar-refractivity contribution in [1.29, 1.82) is 0 Å². The molecule has 17 heavy (non-hydrogen) atoms. The maximum atomic E-state index is 6.21. The number of ether oxygens (including phenoxy) is 1. The van der Waals surface area contributed by atoms with Crippen molar-refractivity contribution >= 4 is 22.9 Å². The summed E-state index contributed by atoms with van der Waals surface area (Å²) in [6, 6.07) is 1.91. The molecule has 2 rings (SSSR count). The van der Waals surface area contributed by atoms with Gasteiger partial charge in [0.1, 0.15) is 0 Å². The van der Waals surface area contributed by atoms with Crippen LogP contribution in [-0.2, 0) is 4.74 Å². The molecule has 1 aromatic rings. The van der Waals surface area contributed by atoms with Crippen LogP contribution in [0, 0.1) is 0 Å². The van der Waals surface area contributed by atoms with Crippen LogP contribution < -0.4 is 11.3 Å². The molecule has 0 aliphatic heterocycles. The lowest BCUT2D eigenvalue weighted by Crippen LogP contribution is -2.46. The molecule has 0 aromatic carbocycles. The number of hydrogen-bond donors (Lipinski definition) is 2. The van der Waals surface area contributed by atoms with E-state index >= 15 is 0 Å². The number of nitrogens with two attached hydrogens (primary N) is 1. The Balaban J connectivity index is 2.29. The van der Waals surface area contributed by atoms with Gasteiger partial charge < -0.3 is 4.74 Å². The van der Waals surface area contributed by atoms with Crippen LogP contribution >= 0.6 is 22.9 Å². The van der Waals surface area contributed by atoms with Gasteiger partial charge in [0.05, 0.1) is 16.7 Å². The van der Waals surface area contributed by atoms with Gasteiger partial charge in [0, 0.05) is 11.5 Å². The third kappa shape index (κ3) is 2.51. The van der Waals surface area contributed by atoms with Gasteiger partial charge in [-0.05, 0) is 31.2 Å². The number of thiophene rings is 1. The summed E-state index contributed by atoms with van der Waals surface area (Å²) in [4.78, 5) is 1.09. The van der Waals surface area contributed by atoms with Crippen LogP contribution in [0.15, 0.2) is 11.4 Å². The van der Waals surface area contributed by atoms with Gasteiger partial charge in [0.25, 0.3) is 0 Å². The van der Waals surface area contributed by atoms with Crippen LogP contribution in [0.1, 0.15) is 43.5 Å². The fraction of sp³-hybridized carbons (Fsp3) is 0.667. The second-order valence-corrected chi connectivity index (χ2v) is 5.79. The molecule has 0 radical (unpaired) electrons. The molecule has 3 nitrogen and oxygen atoms in total. The van der Waals surface area contributed by atoms with E-state index in [4.69, 9.17) is 22.2 Å². The van der Waals surface area contributed by atoms with E-state index in [2.05, 4.69) is 5.43 Å². The van der Waals surface area contributed by atoms with Crippen LogP contribution in [0.5, 0.6) is 0 Å². The fourth-order valence-corrected chi connectivity index (χ4v) is 4.09. The monoisotopic (exact) mass is 274 g/mol. The smallest absolute Gasteiger partial charge is 0.0897 e. The second kappa shape index (κ2) is 5.67. The van der Waals surface area contributed by atoms with Crippen molar-refractivity contribution in [3.8, 4) is 0 Å². The van der Waals surface area contributed by atoms with E-state index in [1.54, 1.807) is 11.3 Å². The third-order valence-corrected chi connectivity index (χ3v) is 4.90. The topological polar surface area (TPSA) is 47.3 Å². The lowest BCUT2D eigenvalue weighted by Gasteiger charge is -2.36. The molecule has 1 unspecified atom stereocenters. The lowest BCUT2D eigenvalue weighted by molar-refractivity contribution is -0.0618. The van der Waals surface area contributed by atoms with Gasteiger partial charge in [-0.3, -0.25) is 5.84 Å². The SMILES string of the molecule is CCOC1(C(NN)c2sccc2Cl)CCCC1. The number of halogens is 1. The Labute approximate surface area is 111 Å². The van der Waals surface area contributed by atoms with E-state index in [1.807, 2.05) is 18.4 Å². The Morgan fingerprint density at radius 3 is 2.76 bits per heavy atom. The van der Waals surface area contributed by atoms with Crippen molar-refractivity contribution in [2.75, 3.05) is 6.61 Å². The highest BCUT2D eigenvalue weighted by molar-refractivity contribution is 7.10. The first-order valence-electron chi connectivity index (χ1n) is 6.06. The zero-order valence-corrected chi connectivity index (χ0v) is 11.6. The van der Waals surface area contributed by atoms with Gasteiger partial charge in [-0.25, -0.2) is 5.43 Å². The van der Waals surface area contributed by atoms with Crippen LogP contribution in [0.2, 0.25) is 5.02 Å². The summed E-state index contributed by atoms with van der Waals surface area (Å²) in [5.41, 5.74) is 2.73. The molecule has 1 saturated carbocycles. The molecule has 0 saturated heterocycles. The number of nitrogens with one attached hydrogen (secondary N) is 1. The van der Waals surface area contributed by atoms with Crippen molar-refractivity contribution < 1.29 is 4.74 Å². The first-order valence-corrected chi connectivity index (χ1v) is 7.32. The standard InChI is InChI=1S/C12H19ClN2OS/c1-2-16-12(6-3-4-7-12)11(15-14)10-9(13)5-8-17-10/h5,8,11,15H,2-4,6-7,14H2,1H3. The summed E-state index contributed by atoms with van der Waals surface area (Å²) in [6.45, 7) is 2.74. The van der Waals surface area contributed by atoms with Gasteiger partial charge in [-0.15, -0.1) is 11.3 Å². The van der Waals surface area contributed by atoms with Crippen LogP contribution in [0.4, 0.5) is 0 Å². The predicted octanol–water partition coefficient (Wildman–Crippen LogP) is 3.26. The molecule has 96 valence electrons. The minimum atomic E-state index is -0.183. The fourth-order valence-electron chi connectivity index (χ4n) is 2.76. The van der Waals surface area contributed by atoms with Gasteiger partial charge in [0.15, 0.2) is 0 Å². The highest BCUT2D eigenvalue weighted by Gasteiger charge is 2.43. The van der Waals surface area contributed by atoms with Crippen molar-refractivity contribution in [3.05, 3.63) is 21.3 Å². The molecular weight excluding hydrogens is 256 g/mol. The van der Waals surface area contributed by atoms with Gasteiger partial charge in [-0.1, -0.05) is 24.4 Å². The van der Waals surface area contributed by atoms with Crippen LogP contribution in [-0.4, -0.2) is 12.2 Å². The molecule has 1 aromatic heterocycles. The first-order chi connectivity index (χ1) is 8.23. The highest BCUT2D eigenvalue weighted by Crippen LogP contribution is 2.45. The summed E-state index contributed by atoms with van der Waals surface area (Å²) < 4.78 is 6.03. The molecule has 1 aliphatic rings. The van der Waals surface area contributed by atoms with E-state index in [1.165, 1.54) is 12.8 Å². The molecule has 1 atom stereocenters. The second-order valence-electron chi connectivity index (χ2n) is 4.44. The van der Waals surface area contributed by atoms with Crippen LogP contribution in [0.25, 0.3) is 0 Å². The largest absolute Gasteiger partial charge is 0.373 e. The molecule has 0 bridgehead atoms. The Morgan fingerprint density at radius 2 is 2.29 bits per heavy atom. The van der Waals surface area contributed by atoms with Gasteiger partial charge >= 0.3 is 0 Å². The summed E-state index contributed by atoms with van der Waals surface area (Å²) in [6.07, 6.45) is 4.48. The van der Waals surface area contributed by atoms with E-state index < -0.39 is 0 Å². The summed E-state index contributed by atoms with van der Waals surface area (Å²) in [5, 5.41) is 2.78. The van der Waals surface area contributed by atoms with E-state index in [0.717, 1.165) is 22.7 Å². The Morgan fingerprint density at radius 1 is 1.59 bits per heavy atom. The van der Waals surface area contributed by atoms with Crippen LogP contribution in [0.3, 0.4) is 0 Å². The Bertz CT molecular complexity index is 363. The van der Waals surface area contributed by atoms with Crippen molar-refractivity contribution in [2.45, 2.75) is 44.2 Å². The van der Waals surface area contributed by atoms with E-state index in [-0.39, 0.29) is 11.6 Å². The molecule has 3 N–H and O–H groups in total. The Hall–Kier alpha value is -0.130. The quantitative estimate of drug-likeness (QED) is 0.640. The zero-order valence-electron chi connectivity index (χ0n) is 10.0. The van der Waals surface area contributed by atoms with Gasteiger partial charge in [0.2, 0.25) is 0 Å². The summed E-state index contributed by atoms with van der Waals surface area (Å²) in [7, 11) is 0.